The average Bonchev–Trinajstić information content (AvgIpc) is 3.40. The summed E-state index contributed by atoms with van der Waals surface area (Å²) in [6.07, 6.45) is 32.2. The van der Waals surface area contributed by atoms with Gasteiger partial charge in [0.05, 0.1) is 25.7 Å². The van der Waals surface area contributed by atoms with E-state index in [1.165, 1.54) is 13.8 Å². The number of unbranched alkanes of at least 4 members (excludes halogenated alkanes) is 1. The Morgan fingerprint density at radius 2 is 1.41 bits per heavy atom. The minimum atomic E-state index is -0.392. The fraction of sp³-hybridized carbons (Fsp3) is 0.471. The largest absolute Gasteiger partial charge is 0.465 e. The molecule has 2 rings (SSSR count). The second-order valence-electron chi connectivity index (χ2n) is 10.2. The molecule has 238 valence electrons. The van der Waals surface area contributed by atoms with Crippen molar-refractivity contribution in [1.82, 2.24) is 19.5 Å². The van der Waals surface area contributed by atoms with Gasteiger partial charge >= 0.3 is 11.9 Å². The van der Waals surface area contributed by atoms with Gasteiger partial charge in [-0.3, -0.25) is 19.7 Å². The number of nitrogens with zero attached hydrogens (tertiary/aromatic N) is 4. The molecular weight excluding hydrogens is 558 g/mol. The Bertz CT molecular complexity index is 1290. The SMILES string of the molecule is CC/C=C\C/C=C\C/C=C\C/C=C\C/C=C\CCCC(=O)Nc1ncc2ncn(CCC(COC(C)=O)COC(C)=O)c2n1. The highest BCUT2D eigenvalue weighted by Gasteiger charge is 2.15. The molecule has 44 heavy (non-hydrogen) atoms. The summed E-state index contributed by atoms with van der Waals surface area (Å²) < 4.78 is 12.1. The lowest BCUT2D eigenvalue weighted by Crippen LogP contribution is -2.21. The predicted molar refractivity (Wildman–Crippen MR) is 174 cm³/mol. The van der Waals surface area contributed by atoms with Crippen molar-refractivity contribution in [1.29, 1.82) is 0 Å². The highest BCUT2D eigenvalue weighted by atomic mass is 16.5. The molecule has 2 aromatic rings. The number of anilines is 1. The number of aromatic nitrogens is 4. The zero-order valence-electron chi connectivity index (χ0n) is 26.3. The van der Waals surface area contributed by atoms with Gasteiger partial charge in [0.15, 0.2) is 5.65 Å². The standard InChI is InChI=1S/C34H47N5O5/c1-4-5-6-7-8-9-10-11-12-13-14-15-16-17-18-19-20-21-32(42)37-34-35-24-31-33(38-34)39(27-36-31)23-22-30(25-43-28(2)40)26-44-29(3)41/h5-6,8-9,11-12,14-15,17-18,24,27,30H,4,7,10,13,16,19-23,25-26H2,1-3H3,(H,35,37,38,42)/b6-5-,9-8-,12-11-,15-14-,18-17-. The van der Waals surface area contributed by atoms with Crippen LogP contribution < -0.4 is 5.32 Å². The Balaban J connectivity index is 1.69. The van der Waals surface area contributed by atoms with Crippen LogP contribution in [0, 0.1) is 5.92 Å². The van der Waals surface area contributed by atoms with Crippen LogP contribution in [-0.2, 0) is 30.4 Å². The Morgan fingerprint density at radius 1 is 0.841 bits per heavy atom. The second-order valence-corrected chi connectivity index (χ2v) is 10.2. The van der Waals surface area contributed by atoms with Gasteiger partial charge in [-0.15, -0.1) is 0 Å². The number of hydrogen-bond acceptors (Lipinski definition) is 8. The van der Waals surface area contributed by atoms with Crippen molar-refractivity contribution in [3.05, 3.63) is 73.3 Å². The van der Waals surface area contributed by atoms with Crippen molar-refractivity contribution in [2.75, 3.05) is 18.5 Å². The summed E-state index contributed by atoms with van der Waals surface area (Å²) in [6.45, 7) is 5.60. The molecule has 0 aliphatic rings. The number of allylic oxidation sites excluding steroid dienone is 10. The van der Waals surface area contributed by atoms with Crippen molar-refractivity contribution in [2.24, 2.45) is 5.92 Å². The third-order valence-corrected chi connectivity index (χ3v) is 6.36. The monoisotopic (exact) mass is 605 g/mol. The van der Waals surface area contributed by atoms with Crippen molar-refractivity contribution in [3.8, 4) is 0 Å². The van der Waals surface area contributed by atoms with Gasteiger partial charge in [0, 0.05) is 32.7 Å². The molecule has 1 N–H and O–H groups in total. The maximum absolute atomic E-state index is 12.5. The van der Waals surface area contributed by atoms with Crippen molar-refractivity contribution >= 4 is 35.0 Å². The molecule has 0 saturated carbocycles. The molecule has 0 radical (unpaired) electrons. The van der Waals surface area contributed by atoms with Crippen LogP contribution in [0.2, 0.25) is 0 Å². The zero-order valence-corrected chi connectivity index (χ0v) is 26.3. The lowest BCUT2D eigenvalue weighted by molar-refractivity contribution is -0.146. The highest BCUT2D eigenvalue weighted by Crippen LogP contribution is 2.15. The molecule has 10 nitrogen and oxygen atoms in total. The molecule has 0 aromatic carbocycles. The molecule has 0 unspecified atom stereocenters. The Hall–Kier alpha value is -4.34. The quantitative estimate of drug-likeness (QED) is 0.0934. The minimum absolute atomic E-state index is 0.144. The first-order chi connectivity index (χ1) is 21.4. The number of hydrogen-bond donors (Lipinski definition) is 1. The number of carbonyl (C=O) groups excluding carboxylic acids is 3. The van der Waals surface area contributed by atoms with E-state index in [9.17, 15) is 14.4 Å². The van der Waals surface area contributed by atoms with E-state index in [1.54, 1.807) is 12.5 Å². The van der Waals surface area contributed by atoms with Crippen LogP contribution in [0.25, 0.3) is 11.2 Å². The summed E-state index contributed by atoms with van der Waals surface area (Å²) in [5.41, 5.74) is 1.17. The number of aryl methyl sites for hydroxylation is 1. The normalized spacial score (nSPS) is 12.2. The van der Waals surface area contributed by atoms with E-state index >= 15 is 0 Å². The van der Waals surface area contributed by atoms with Crippen LogP contribution in [0.5, 0.6) is 0 Å². The summed E-state index contributed by atoms with van der Waals surface area (Å²) in [6, 6.07) is 0. The predicted octanol–water partition coefficient (Wildman–Crippen LogP) is 6.82. The third-order valence-electron chi connectivity index (χ3n) is 6.36. The summed E-state index contributed by atoms with van der Waals surface area (Å²) >= 11 is 0. The molecule has 0 atom stereocenters. The zero-order chi connectivity index (χ0) is 31.8. The Labute approximate surface area is 261 Å². The summed E-state index contributed by atoms with van der Waals surface area (Å²) in [4.78, 5) is 47.9. The Morgan fingerprint density at radius 3 is 1.98 bits per heavy atom. The van der Waals surface area contributed by atoms with Gasteiger partial charge in [-0.05, 0) is 51.4 Å². The first-order valence-electron chi connectivity index (χ1n) is 15.4. The summed E-state index contributed by atoms with van der Waals surface area (Å²) in [5.74, 6) is -0.890. The van der Waals surface area contributed by atoms with Crippen molar-refractivity contribution in [3.63, 3.8) is 0 Å². The van der Waals surface area contributed by atoms with Gasteiger partial charge in [0.25, 0.3) is 0 Å². The van der Waals surface area contributed by atoms with Crippen molar-refractivity contribution in [2.45, 2.75) is 85.1 Å². The van der Waals surface area contributed by atoms with Crippen LogP contribution in [0.15, 0.2) is 73.3 Å². The van der Waals surface area contributed by atoms with Gasteiger partial charge in [-0.25, -0.2) is 9.97 Å². The van der Waals surface area contributed by atoms with Gasteiger partial charge in [0.2, 0.25) is 11.9 Å². The van der Waals surface area contributed by atoms with Gasteiger partial charge < -0.3 is 14.0 Å². The van der Waals surface area contributed by atoms with Crippen LogP contribution in [0.3, 0.4) is 0 Å². The van der Waals surface area contributed by atoms with Gasteiger partial charge in [-0.2, -0.15) is 4.98 Å². The van der Waals surface area contributed by atoms with E-state index in [0.717, 1.165) is 44.9 Å². The molecule has 1 amide bonds. The van der Waals surface area contributed by atoms with E-state index < -0.39 is 11.9 Å². The fourth-order valence-electron chi connectivity index (χ4n) is 4.02. The first-order valence-corrected chi connectivity index (χ1v) is 15.4. The molecule has 0 aliphatic carbocycles. The maximum atomic E-state index is 12.5. The van der Waals surface area contributed by atoms with E-state index in [1.807, 2.05) is 4.57 Å². The van der Waals surface area contributed by atoms with Crippen LogP contribution in [0.1, 0.15) is 78.6 Å². The third kappa shape index (κ3) is 16.3. The van der Waals surface area contributed by atoms with E-state index in [4.69, 9.17) is 9.47 Å². The van der Waals surface area contributed by atoms with Gasteiger partial charge in [0.1, 0.15) is 5.52 Å². The van der Waals surface area contributed by atoms with Crippen molar-refractivity contribution < 1.29 is 23.9 Å². The maximum Gasteiger partial charge on any atom is 0.302 e. The number of fused-ring (bicyclic) bond motifs is 1. The van der Waals surface area contributed by atoms with Crippen LogP contribution >= 0.6 is 0 Å². The summed E-state index contributed by atoms with van der Waals surface area (Å²) in [5, 5.41) is 2.77. The highest BCUT2D eigenvalue weighted by molar-refractivity contribution is 5.89. The summed E-state index contributed by atoms with van der Waals surface area (Å²) in [7, 11) is 0. The fourth-order valence-corrected chi connectivity index (χ4v) is 4.02. The van der Waals surface area contributed by atoms with E-state index in [0.29, 0.717) is 30.6 Å². The lowest BCUT2D eigenvalue weighted by Gasteiger charge is -2.16. The molecular formula is C34H47N5O5. The van der Waals surface area contributed by atoms with Crippen LogP contribution in [0.4, 0.5) is 5.95 Å². The van der Waals surface area contributed by atoms with E-state index in [-0.39, 0.29) is 31.0 Å². The number of ether oxygens (including phenoxy) is 2. The molecule has 0 spiro atoms. The number of carbonyl (C=O) groups is 3. The molecule has 0 saturated heterocycles. The minimum Gasteiger partial charge on any atom is -0.465 e. The number of esters is 2. The molecule has 0 aliphatic heterocycles. The smallest absolute Gasteiger partial charge is 0.302 e. The number of amides is 1. The number of imidazole rings is 1. The van der Waals surface area contributed by atoms with Gasteiger partial charge in [-0.1, -0.05) is 67.7 Å². The average molecular weight is 606 g/mol. The molecule has 2 heterocycles. The molecule has 0 bridgehead atoms. The lowest BCUT2D eigenvalue weighted by atomic mass is 10.1. The molecule has 2 aromatic heterocycles. The van der Waals surface area contributed by atoms with Crippen LogP contribution in [-0.4, -0.2) is 50.6 Å². The Kier molecular flexibility index (Phi) is 18.1. The number of nitrogens with one attached hydrogen (secondary N) is 1. The first kappa shape index (κ1) is 35.9. The topological polar surface area (TPSA) is 125 Å². The van der Waals surface area contributed by atoms with E-state index in [2.05, 4.69) is 88.0 Å². The number of rotatable bonds is 21. The molecule has 10 heteroatoms. The molecule has 0 fully saturated rings. The second kappa shape index (κ2) is 22.2.